The van der Waals surface area contributed by atoms with Gasteiger partial charge in [0.25, 0.3) is 0 Å². The Labute approximate surface area is 283 Å². The van der Waals surface area contributed by atoms with Gasteiger partial charge < -0.3 is 0 Å². The molecule has 0 aliphatic rings. The Balaban J connectivity index is 0.000000240. The van der Waals surface area contributed by atoms with Crippen LogP contribution < -0.4 is 9.60 Å². The average molecular weight is 725 g/mol. The lowest BCUT2D eigenvalue weighted by atomic mass is 10.2. The third-order valence-electron chi connectivity index (χ3n) is 5.07. The van der Waals surface area contributed by atoms with Crippen LogP contribution in [0.4, 0.5) is 14.4 Å². The van der Waals surface area contributed by atoms with Crippen LogP contribution in [0.5, 0.6) is 0 Å². The lowest BCUT2D eigenvalue weighted by Gasteiger charge is -1.97. The molecule has 0 aliphatic carbocycles. The van der Waals surface area contributed by atoms with Crippen molar-refractivity contribution in [2.24, 2.45) is 9.98 Å². The molecule has 4 rings (SSSR count). The number of rotatable bonds is 7. The summed E-state index contributed by atoms with van der Waals surface area (Å²) in [5, 5.41) is 7.68. The van der Waals surface area contributed by atoms with Crippen molar-refractivity contribution in [3.05, 3.63) is 81.4 Å². The fourth-order valence-electron chi connectivity index (χ4n) is 2.95. The van der Waals surface area contributed by atoms with Gasteiger partial charge >= 0.3 is 15.7 Å². The predicted molar refractivity (Wildman–Crippen MR) is 186 cm³/mol. The number of amides is 2. The van der Waals surface area contributed by atoms with Crippen molar-refractivity contribution >= 4 is 103 Å². The number of carbonyl (C=O) groups is 4. The van der Waals surface area contributed by atoms with Gasteiger partial charge in [-0.2, -0.15) is 19.3 Å². The van der Waals surface area contributed by atoms with E-state index in [1.165, 1.54) is 66.7 Å². The number of hydrogen-bond donors (Lipinski definition) is 0. The fourth-order valence-corrected chi connectivity index (χ4v) is 7.67. The van der Waals surface area contributed by atoms with Gasteiger partial charge in [-0.3, -0.25) is 19.2 Å². The van der Waals surface area contributed by atoms with Crippen molar-refractivity contribution in [2.45, 2.75) is 33.5 Å². The molecule has 0 saturated heterocycles. The first kappa shape index (κ1) is 36.1. The van der Waals surface area contributed by atoms with Crippen LogP contribution in [0.1, 0.15) is 24.5 Å². The number of thioether (sulfide) groups is 5. The van der Waals surface area contributed by atoms with E-state index in [1.807, 2.05) is 60.7 Å². The van der Waals surface area contributed by atoms with Crippen molar-refractivity contribution < 1.29 is 19.2 Å². The molecule has 232 valence electrons. The minimum atomic E-state index is -0.342. The maximum absolute atomic E-state index is 11.9. The molecule has 0 unspecified atom stereocenters. The van der Waals surface area contributed by atoms with E-state index in [0.29, 0.717) is 24.7 Å². The molecular formula is C27H28N6O4S7. The van der Waals surface area contributed by atoms with E-state index >= 15 is 0 Å². The number of hydrogen-bond acceptors (Lipinski definition) is 13. The Bertz CT molecular complexity index is 1570. The second kappa shape index (κ2) is 19.2. The van der Waals surface area contributed by atoms with Crippen molar-refractivity contribution in [3.8, 4) is 0 Å². The molecule has 2 aromatic heterocycles. The van der Waals surface area contributed by atoms with Crippen LogP contribution in [0.2, 0.25) is 0 Å². The molecule has 0 spiro atoms. The molecule has 0 fully saturated rings. The summed E-state index contributed by atoms with van der Waals surface area (Å²) in [7, 11) is 0. The van der Waals surface area contributed by atoms with Crippen LogP contribution >= 0.6 is 81.5 Å². The summed E-state index contributed by atoms with van der Waals surface area (Å²) in [5.74, 6) is 1.24. The number of aromatic nitrogens is 4. The second-order valence-electron chi connectivity index (χ2n) is 8.05. The molecule has 0 N–H and O–H groups in total. The minimum Gasteiger partial charge on any atom is -0.273 e. The van der Waals surface area contributed by atoms with Gasteiger partial charge in [-0.05, 0) is 29.9 Å². The first-order valence-corrected chi connectivity index (χ1v) is 20.0. The molecule has 2 heterocycles. The van der Waals surface area contributed by atoms with E-state index in [4.69, 9.17) is 0 Å². The van der Waals surface area contributed by atoms with Crippen molar-refractivity contribution in [3.63, 3.8) is 0 Å². The third kappa shape index (κ3) is 11.5. The largest absolute Gasteiger partial charge is 0.308 e. The average Bonchev–Trinajstić information content (AvgIpc) is 3.66. The molecule has 0 atom stereocenters. The third-order valence-corrected chi connectivity index (χ3v) is 10.8. The van der Waals surface area contributed by atoms with Gasteiger partial charge in [0.05, 0.1) is 0 Å². The Kier molecular flexibility index (Phi) is 15.7. The van der Waals surface area contributed by atoms with E-state index in [-0.39, 0.29) is 21.6 Å². The molecule has 2 aromatic carbocycles. The van der Waals surface area contributed by atoms with Gasteiger partial charge in [0, 0.05) is 17.9 Å². The summed E-state index contributed by atoms with van der Waals surface area (Å²) in [6, 6.07) is 20.0. The molecule has 0 aliphatic heterocycles. The van der Waals surface area contributed by atoms with Crippen molar-refractivity contribution in [1.82, 2.24) is 19.6 Å². The van der Waals surface area contributed by atoms with Crippen LogP contribution in [0.15, 0.2) is 79.3 Å². The van der Waals surface area contributed by atoms with E-state index in [0.717, 1.165) is 46.8 Å². The van der Waals surface area contributed by atoms with Gasteiger partial charge in [-0.25, -0.2) is 0 Å². The van der Waals surface area contributed by atoms with Gasteiger partial charge in [0.1, 0.15) is 0 Å². The maximum atomic E-state index is 11.9. The summed E-state index contributed by atoms with van der Waals surface area (Å²) >= 11 is 8.63. The maximum Gasteiger partial charge on any atom is 0.308 e. The van der Waals surface area contributed by atoms with Crippen molar-refractivity contribution in [1.29, 1.82) is 0 Å². The van der Waals surface area contributed by atoms with Gasteiger partial charge in [0.15, 0.2) is 8.68 Å². The van der Waals surface area contributed by atoms with Gasteiger partial charge in [-0.1, -0.05) is 149 Å². The monoisotopic (exact) mass is 724 g/mol. The van der Waals surface area contributed by atoms with E-state index in [2.05, 4.69) is 20.2 Å². The van der Waals surface area contributed by atoms with E-state index < -0.39 is 0 Å². The molecule has 0 saturated carbocycles. The highest BCUT2D eigenvalue weighted by Crippen LogP contribution is 2.24. The molecule has 4 aromatic rings. The lowest BCUT2D eigenvalue weighted by molar-refractivity contribution is -0.117. The number of nitrogens with zero attached hydrogens (tertiary/aromatic N) is 6. The highest BCUT2D eigenvalue weighted by atomic mass is 32.2. The molecule has 10 nitrogen and oxygen atoms in total. The SMILES string of the molecule is CCC(=O)N=c1sc(SCc2ccccc2)nn1C(=O)SC.CSC(=O)/N=c1\sc(SCc2ccccc2)nn1C(=O)SC. The van der Waals surface area contributed by atoms with Crippen LogP contribution in [0, 0.1) is 0 Å². The van der Waals surface area contributed by atoms with Gasteiger partial charge in [-0.15, -0.1) is 10.2 Å². The normalized spacial score (nSPS) is 11.6. The quantitative estimate of drug-likeness (QED) is 0.177. The van der Waals surface area contributed by atoms with E-state index in [9.17, 15) is 19.2 Å². The molecule has 44 heavy (non-hydrogen) atoms. The topological polar surface area (TPSA) is 129 Å². The summed E-state index contributed by atoms with van der Waals surface area (Å²) in [4.78, 5) is 55.3. The summed E-state index contributed by atoms with van der Waals surface area (Å²) in [6.07, 6.45) is 5.30. The van der Waals surface area contributed by atoms with Crippen molar-refractivity contribution in [2.75, 3.05) is 18.8 Å². The van der Waals surface area contributed by atoms with Crippen LogP contribution in [0.3, 0.4) is 0 Å². The summed E-state index contributed by atoms with van der Waals surface area (Å²) < 4.78 is 3.82. The Hall–Kier alpha value is -2.41. The Morgan fingerprint density at radius 2 is 1.11 bits per heavy atom. The summed E-state index contributed by atoms with van der Waals surface area (Å²) in [5.41, 5.74) is 2.35. The molecule has 2 amide bonds. The van der Waals surface area contributed by atoms with Gasteiger partial charge in [0.2, 0.25) is 15.5 Å². The zero-order valence-electron chi connectivity index (χ0n) is 24.1. The molecule has 0 bridgehead atoms. The lowest BCUT2D eigenvalue weighted by Crippen LogP contribution is -2.22. The van der Waals surface area contributed by atoms with Crippen LogP contribution in [-0.4, -0.2) is 60.0 Å². The first-order valence-electron chi connectivity index (χ1n) is 12.7. The highest BCUT2D eigenvalue weighted by Gasteiger charge is 2.14. The smallest absolute Gasteiger partial charge is 0.273 e. The number of benzene rings is 2. The molecular weight excluding hydrogens is 697 g/mol. The zero-order valence-corrected chi connectivity index (χ0v) is 29.8. The highest BCUT2D eigenvalue weighted by molar-refractivity contribution is 8.13. The Morgan fingerprint density at radius 1 is 0.682 bits per heavy atom. The second-order valence-corrected chi connectivity index (χ2v) is 14.7. The summed E-state index contributed by atoms with van der Waals surface area (Å²) in [6.45, 7) is 1.73. The van der Waals surface area contributed by atoms with Crippen LogP contribution in [-0.2, 0) is 16.3 Å². The number of carbonyl (C=O) groups excluding carboxylic acids is 4. The minimum absolute atomic E-state index is 0.245. The molecule has 0 radical (unpaired) electrons. The molecule has 17 heteroatoms. The first-order chi connectivity index (χ1) is 21.3. The fraction of sp³-hybridized carbons (Fsp3) is 0.259. The van der Waals surface area contributed by atoms with Crippen LogP contribution in [0.25, 0.3) is 0 Å². The standard InChI is InChI=1S/C14H15N3O2S3.C13H13N3O2S4/c1-3-11(18)15-12-17(14(19)20-2)16-13(22-12)21-9-10-7-5-4-6-8-10;1-19-11(17)14-10-16(13(18)20-2)15-12(22-10)21-8-9-6-4-3-5-7-9/h4-8H,3,9H2,1-2H3;3-7H,8H2,1-2H3/b;14-10-. The zero-order chi connectivity index (χ0) is 31.9. The predicted octanol–water partition coefficient (Wildman–Crippen LogP) is 7.36. The van der Waals surface area contributed by atoms with E-state index in [1.54, 1.807) is 25.7 Å². The Morgan fingerprint density at radius 3 is 1.50 bits per heavy atom.